The molecule has 136 valence electrons. The summed E-state index contributed by atoms with van der Waals surface area (Å²) in [7, 11) is 1.30. The Balaban J connectivity index is 1.77. The zero-order chi connectivity index (χ0) is 18.5. The lowest BCUT2D eigenvalue weighted by molar-refractivity contribution is 0.0590. The lowest BCUT2D eigenvalue weighted by atomic mass is 10.1. The van der Waals surface area contributed by atoms with Gasteiger partial charge in [0.1, 0.15) is 5.82 Å². The van der Waals surface area contributed by atoms with Crippen LogP contribution in [-0.4, -0.2) is 42.7 Å². The Bertz CT molecular complexity index is 811. The van der Waals surface area contributed by atoms with Crippen LogP contribution in [0.1, 0.15) is 38.0 Å². The predicted octanol–water partition coefficient (Wildman–Crippen LogP) is 3.93. The normalized spacial score (nSPS) is 17.5. The second-order valence-corrected chi connectivity index (χ2v) is 7.31. The van der Waals surface area contributed by atoms with Gasteiger partial charge in [0.05, 0.1) is 18.2 Å². The van der Waals surface area contributed by atoms with Crippen LogP contribution in [0.25, 0.3) is 0 Å². The van der Waals surface area contributed by atoms with Crippen LogP contribution in [0.15, 0.2) is 48.5 Å². The summed E-state index contributed by atoms with van der Waals surface area (Å²) in [6.07, 6.45) is 0.664. The van der Waals surface area contributed by atoms with Gasteiger partial charge in [-0.05, 0) is 24.6 Å². The molecule has 6 heteroatoms. The molecular formula is C20H20FNO3S. The number of ether oxygens (including phenoxy) is 1. The van der Waals surface area contributed by atoms with E-state index in [2.05, 4.69) is 0 Å². The Morgan fingerprint density at radius 3 is 2.50 bits per heavy atom. The SMILES string of the molecule is COC(=O)c1ccccc1C(=O)N1CCS[C@@H](c2ccccc2F)CC1. The third-order valence-electron chi connectivity index (χ3n) is 4.44. The highest BCUT2D eigenvalue weighted by atomic mass is 32.2. The molecule has 1 amide bonds. The minimum Gasteiger partial charge on any atom is -0.465 e. The molecule has 1 saturated heterocycles. The van der Waals surface area contributed by atoms with Crippen LogP contribution < -0.4 is 0 Å². The molecule has 2 aromatic rings. The number of esters is 1. The van der Waals surface area contributed by atoms with Crippen molar-refractivity contribution in [3.8, 4) is 0 Å². The fourth-order valence-corrected chi connectivity index (χ4v) is 4.34. The predicted molar refractivity (Wildman–Crippen MR) is 99.9 cm³/mol. The molecule has 1 atom stereocenters. The third kappa shape index (κ3) is 3.90. The number of methoxy groups -OCH3 is 1. The van der Waals surface area contributed by atoms with E-state index in [4.69, 9.17) is 4.74 Å². The first-order chi connectivity index (χ1) is 12.6. The van der Waals surface area contributed by atoms with E-state index in [-0.39, 0.29) is 22.5 Å². The topological polar surface area (TPSA) is 46.6 Å². The van der Waals surface area contributed by atoms with Gasteiger partial charge in [-0.2, -0.15) is 11.8 Å². The minimum absolute atomic E-state index is 0.0184. The molecule has 0 radical (unpaired) electrons. The van der Waals surface area contributed by atoms with E-state index in [1.165, 1.54) is 13.2 Å². The van der Waals surface area contributed by atoms with Gasteiger partial charge in [0.15, 0.2) is 0 Å². The molecule has 0 aliphatic carbocycles. The number of benzene rings is 2. The number of carbonyl (C=O) groups is 2. The van der Waals surface area contributed by atoms with Crippen molar-refractivity contribution in [1.82, 2.24) is 4.90 Å². The smallest absolute Gasteiger partial charge is 0.338 e. The maximum Gasteiger partial charge on any atom is 0.338 e. The number of rotatable bonds is 3. The molecule has 1 aliphatic heterocycles. The average molecular weight is 373 g/mol. The molecule has 1 fully saturated rings. The van der Waals surface area contributed by atoms with Gasteiger partial charge in [0.25, 0.3) is 5.91 Å². The van der Waals surface area contributed by atoms with Crippen molar-refractivity contribution in [3.63, 3.8) is 0 Å². The largest absolute Gasteiger partial charge is 0.465 e. The maximum atomic E-state index is 14.1. The zero-order valence-electron chi connectivity index (χ0n) is 14.5. The number of hydrogen-bond donors (Lipinski definition) is 0. The van der Waals surface area contributed by atoms with Crippen LogP contribution in [0.4, 0.5) is 4.39 Å². The quantitative estimate of drug-likeness (QED) is 0.765. The molecule has 3 rings (SSSR count). The fourth-order valence-electron chi connectivity index (χ4n) is 3.09. The molecule has 2 aromatic carbocycles. The number of amides is 1. The number of halogens is 1. The summed E-state index contributed by atoms with van der Waals surface area (Å²) < 4.78 is 18.8. The second kappa shape index (κ2) is 8.36. The molecule has 0 bridgehead atoms. The van der Waals surface area contributed by atoms with Gasteiger partial charge in [0, 0.05) is 29.7 Å². The molecule has 1 heterocycles. The molecule has 4 nitrogen and oxygen atoms in total. The van der Waals surface area contributed by atoms with Gasteiger partial charge in [-0.25, -0.2) is 9.18 Å². The summed E-state index contributed by atoms with van der Waals surface area (Å²) in [5.74, 6) is -0.213. The van der Waals surface area contributed by atoms with Crippen molar-refractivity contribution < 1.29 is 18.7 Å². The van der Waals surface area contributed by atoms with Gasteiger partial charge in [0.2, 0.25) is 0 Å². The van der Waals surface area contributed by atoms with Gasteiger partial charge in [-0.15, -0.1) is 0 Å². The van der Waals surface area contributed by atoms with Crippen molar-refractivity contribution in [2.75, 3.05) is 26.0 Å². The molecule has 0 aromatic heterocycles. The van der Waals surface area contributed by atoms with Crippen molar-refractivity contribution in [1.29, 1.82) is 0 Å². The van der Waals surface area contributed by atoms with Gasteiger partial charge in [-0.1, -0.05) is 30.3 Å². The van der Waals surface area contributed by atoms with Gasteiger partial charge in [-0.3, -0.25) is 4.79 Å². The first-order valence-corrected chi connectivity index (χ1v) is 9.49. The van der Waals surface area contributed by atoms with Crippen LogP contribution >= 0.6 is 11.8 Å². The fraction of sp³-hybridized carbons (Fsp3) is 0.300. The van der Waals surface area contributed by atoms with Gasteiger partial charge >= 0.3 is 5.97 Å². The Hall–Kier alpha value is -2.34. The minimum atomic E-state index is -0.526. The Labute approximate surface area is 156 Å². The molecular weight excluding hydrogens is 353 g/mol. The number of hydrogen-bond acceptors (Lipinski definition) is 4. The summed E-state index contributed by atoms with van der Waals surface area (Å²) in [5.41, 5.74) is 1.29. The number of nitrogens with zero attached hydrogens (tertiary/aromatic N) is 1. The molecule has 0 spiro atoms. The van der Waals surface area contributed by atoms with E-state index in [0.717, 1.165) is 0 Å². The molecule has 1 aliphatic rings. The molecule has 0 unspecified atom stereocenters. The van der Waals surface area contributed by atoms with Crippen LogP contribution in [0.5, 0.6) is 0 Å². The summed E-state index contributed by atoms with van der Waals surface area (Å²) in [6.45, 7) is 1.07. The van der Waals surface area contributed by atoms with Crippen LogP contribution in [0.2, 0.25) is 0 Å². The van der Waals surface area contributed by atoms with E-state index in [9.17, 15) is 14.0 Å². The van der Waals surface area contributed by atoms with Crippen molar-refractivity contribution >= 4 is 23.6 Å². The second-order valence-electron chi connectivity index (χ2n) is 6.00. The van der Waals surface area contributed by atoms with Crippen LogP contribution in [0.3, 0.4) is 0 Å². The molecule has 0 N–H and O–H groups in total. The number of carbonyl (C=O) groups excluding carboxylic acids is 2. The monoisotopic (exact) mass is 373 g/mol. The van der Waals surface area contributed by atoms with E-state index in [1.54, 1.807) is 53.1 Å². The first-order valence-electron chi connectivity index (χ1n) is 8.44. The number of thioether (sulfide) groups is 1. The highest BCUT2D eigenvalue weighted by molar-refractivity contribution is 7.99. The van der Waals surface area contributed by atoms with Crippen molar-refractivity contribution in [2.45, 2.75) is 11.7 Å². The molecule has 26 heavy (non-hydrogen) atoms. The summed E-state index contributed by atoms with van der Waals surface area (Å²) in [6, 6.07) is 13.4. The average Bonchev–Trinajstić information content (AvgIpc) is 2.93. The Morgan fingerprint density at radius 2 is 1.77 bits per heavy atom. The van der Waals surface area contributed by atoms with Crippen LogP contribution in [0, 0.1) is 5.82 Å². The van der Waals surface area contributed by atoms with Crippen LogP contribution in [-0.2, 0) is 4.74 Å². The highest BCUT2D eigenvalue weighted by Crippen LogP contribution is 2.35. The summed E-state index contributed by atoms with van der Waals surface area (Å²) >= 11 is 1.66. The van der Waals surface area contributed by atoms with Crippen molar-refractivity contribution in [2.24, 2.45) is 0 Å². The maximum absolute atomic E-state index is 14.1. The first kappa shape index (κ1) is 18.5. The Morgan fingerprint density at radius 1 is 1.08 bits per heavy atom. The molecule has 0 saturated carbocycles. The van der Waals surface area contributed by atoms with Gasteiger partial charge < -0.3 is 9.64 Å². The van der Waals surface area contributed by atoms with E-state index in [0.29, 0.717) is 36.4 Å². The van der Waals surface area contributed by atoms with E-state index < -0.39 is 5.97 Å². The third-order valence-corrected chi connectivity index (χ3v) is 5.75. The highest BCUT2D eigenvalue weighted by Gasteiger charge is 2.26. The lowest BCUT2D eigenvalue weighted by Crippen LogP contribution is -2.34. The lowest BCUT2D eigenvalue weighted by Gasteiger charge is -2.21. The van der Waals surface area contributed by atoms with E-state index >= 15 is 0 Å². The summed E-state index contributed by atoms with van der Waals surface area (Å²) in [4.78, 5) is 26.6. The zero-order valence-corrected chi connectivity index (χ0v) is 15.3. The van der Waals surface area contributed by atoms with E-state index in [1.807, 2.05) is 6.07 Å². The standard InChI is InChI=1S/C20H20FNO3S/c1-25-20(24)15-7-3-2-6-14(15)19(23)22-11-10-18(26-13-12-22)16-8-4-5-9-17(16)21/h2-9,18H,10-13H2,1H3/t18-/m1/s1. The summed E-state index contributed by atoms with van der Waals surface area (Å²) in [5, 5.41) is 0.0184. The Kier molecular flexibility index (Phi) is 5.93. The van der Waals surface area contributed by atoms with Crippen molar-refractivity contribution in [3.05, 3.63) is 71.0 Å².